The van der Waals surface area contributed by atoms with Gasteiger partial charge in [-0.3, -0.25) is 14.3 Å². The van der Waals surface area contributed by atoms with Crippen LogP contribution in [0, 0.1) is 0 Å². The van der Waals surface area contributed by atoms with E-state index in [1.165, 1.54) is 30.2 Å². The van der Waals surface area contributed by atoms with E-state index in [-0.39, 0.29) is 5.91 Å². The molecular formula is C25H29N5OS. The summed E-state index contributed by atoms with van der Waals surface area (Å²) in [6.45, 7) is 5.60. The number of nitrogens with zero attached hydrogens (tertiary/aromatic N) is 5. The molecular weight excluding hydrogens is 418 g/mol. The molecule has 1 atom stereocenters. The summed E-state index contributed by atoms with van der Waals surface area (Å²) in [6.07, 6.45) is 2.33. The van der Waals surface area contributed by atoms with E-state index in [0.717, 1.165) is 42.8 Å². The van der Waals surface area contributed by atoms with Crippen LogP contribution in [-0.2, 0) is 4.79 Å². The van der Waals surface area contributed by atoms with Crippen molar-refractivity contribution < 1.29 is 4.79 Å². The van der Waals surface area contributed by atoms with Gasteiger partial charge in [0.2, 0.25) is 5.91 Å². The second-order valence-corrected chi connectivity index (χ2v) is 9.52. The van der Waals surface area contributed by atoms with Crippen LogP contribution in [0.2, 0.25) is 0 Å². The molecule has 1 aromatic heterocycles. The summed E-state index contributed by atoms with van der Waals surface area (Å²) >= 11 is 1.50. The van der Waals surface area contributed by atoms with Gasteiger partial charge in [0.05, 0.1) is 5.75 Å². The number of hydrogen-bond donors (Lipinski definition) is 0. The minimum atomic E-state index is 0.178. The Bertz CT molecular complexity index is 1040. The summed E-state index contributed by atoms with van der Waals surface area (Å²) in [6, 6.07) is 21.2. The molecule has 6 nitrogen and oxygen atoms in total. The Morgan fingerprint density at radius 1 is 0.969 bits per heavy atom. The van der Waals surface area contributed by atoms with Crippen molar-refractivity contribution >= 4 is 17.7 Å². The number of thioether (sulfide) groups is 1. The van der Waals surface area contributed by atoms with Crippen molar-refractivity contribution in [1.29, 1.82) is 0 Å². The topological polar surface area (TPSA) is 54.3 Å². The minimum Gasteiger partial charge on any atom is -0.339 e. The zero-order chi connectivity index (χ0) is 21.9. The van der Waals surface area contributed by atoms with E-state index >= 15 is 0 Å². The SMILES string of the molecule is CC(c1ccccc1)N1CCN(C(=O)CSc2nnc(C3CC3)n2-c2ccccc2)CC1. The van der Waals surface area contributed by atoms with Crippen molar-refractivity contribution in [2.75, 3.05) is 31.9 Å². The molecule has 2 aliphatic rings. The van der Waals surface area contributed by atoms with Crippen molar-refractivity contribution in [1.82, 2.24) is 24.6 Å². The molecule has 2 aromatic carbocycles. The molecule has 1 amide bonds. The van der Waals surface area contributed by atoms with Crippen molar-refractivity contribution in [3.8, 4) is 5.69 Å². The van der Waals surface area contributed by atoms with Gasteiger partial charge in [0.15, 0.2) is 5.16 Å². The lowest BCUT2D eigenvalue weighted by atomic mass is 10.1. The van der Waals surface area contributed by atoms with Gasteiger partial charge in [-0.05, 0) is 37.5 Å². The van der Waals surface area contributed by atoms with Crippen LogP contribution in [0.1, 0.15) is 43.1 Å². The number of carbonyl (C=O) groups is 1. The predicted octanol–water partition coefficient (Wildman–Crippen LogP) is 4.14. The smallest absolute Gasteiger partial charge is 0.233 e. The molecule has 5 rings (SSSR count). The van der Waals surface area contributed by atoms with Gasteiger partial charge >= 0.3 is 0 Å². The Balaban J connectivity index is 1.19. The van der Waals surface area contributed by atoms with Crippen LogP contribution in [0.4, 0.5) is 0 Å². The first-order valence-electron chi connectivity index (χ1n) is 11.4. The quantitative estimate of drug-likeness (QED) is 0.510. The molecule has 1 aliphatic carbocycles. The van der Waals surface area contributed by atoms with E-state index in [0.29, 0.717) is 17.7 Å². The molecule has 7 heteroatoms. The molecule has 0 bridgehead atoms. The maximum absolute atomic E-state index is 12.9. The molecule has 2 fully saturated rings. The Morgan fingerprint density at radius 2 is 1.62 bits per heavy atom. The fourth-order valence-corrected chi connectivity index (χ4v) is 5.18. The summed E-state index contributed by atoms with van der Waals surface area (Å²) in [5.74, 6) is 2.09. The van der Waals surface area contributed by atoms with Gasteiger partial charge in [0, 0.05) is 43.8 Å². The largest absolute Gasteiger partial charge is 0.339 e. The van der Waals surface area contributed by atoms with Gasteiger partial charge < -0.3 is 4.90 Å². The first-order chi connectivity index (χ1) is 15.7. The van der Waals surface area contributed by atoms with Crippen molar-refractivity contribution in [2.24, 2.45) is 0 Å². The fraction of sp³-hybridized carbons (Fsp3) is 0.400. The van der Waals surface area contributed by atoms with Gasteiger partial charge in [-0.15, -0.1) is 10.2 Å². The van der Waals surface area contributed by atoms with Crippen LogP contribution >= 0.6 is 11.8 Å². The molecule has 1 saturated carbocycles. The molecule has 0 radical (unpaired) electrons. The zero-order valence-electron chi connectivity index (χ0n) is 18.4. The highest BCUT2D eigenvalue weighted by Gasteiger charge is 2.31. The van der Waals surface area contributed by atoms with Crippen LogP contribution in [-0.4, -0.2) is 62.4 Å². The number of piperazine rings is 1. The van der Waals surface area contributed by atoms with Crippen LogP contribution in [0.5, 0.6) is 0 Å². The van der Waals surface area contributed by atoms with Crippen LogP contribution in [0.15, 0.2) is 65.8 Å². The molecule has 0 spiro atoms. The predicted molar refractivity (Wildman–Crippen MR) is 127 cm³/mol. The molecule has 1 aliphatic heterocycles. The molecule has 32 heavy (non-hydrogen) atoms. The van der Waals surface area contributed by atoms with E-state index in [9.17, 15) is 4.79 Å². The number of amides is 1. The fourth-order valence-electron chi connectivity index (χ4n) is 4.32. The van der Waals surface area contributed by atoms with Gasteiger partial charge in [0.25, 0.3) is 0 Å². The highest BCUT2D eigenvalue weighted by molar-refractivity contribution is 7.99. The Morgan fingerprint density at radius 3 is 2.28 bits per heavy atom. The van der Waals surface area contributed by atoms with E-state index < -0.39 is 0 Å². The summed E-state index contributed by atoms with van der Waals surface area (Å²) in [5.41, 5.74) is 2.40. The summed E-state index contributed by atoms with van der Waals surface area (Å²) in [5, 5.41) is 9.71. The molecule has 0 N–H and O–H groups in total. The Hall–Kier alpha value is -2.64. The average molecular weight is 448 g/mol. The number of carbonyl (C=O) groups excluding carboxylic acids is 1. The van der Waals surface area contributed by atoms with Gasteiger partial charge in [-0.2, -0.15) is 0 Å². The van der Waals surface area contributed by atoms with Crippen molar-refractivity contribution in [3.63, 3.8) is 0 Å². The molecule has 1 unspecified atom stereocenters. The second kappa shape index (κ2) is 9.46. The van der Waals surface area contributed by atoms with Crippen molar-refractivity contribution in [2.45, 2.75) is 36.9 Å². The Kier molecular flexibility index (Phi) is 6.28. The third-order valence-corrected chi connectivity index (χ3v) is 7.35. The first kappa shape index (κ1) is 21.2. The zero-order valence-corrected chi connectivity index (χ0v) is 19.2. The summed E-state index contributed by atoms with van der Waals surface area (Å²) in [4.78, 5) is 17.4. The van der Waals surface area contributed by atoms with Gasteiger partial charge in [-0.1, -0.05) is 60.3 Å². The first-order valence-corrected chi connectivity index (χ1v) is 12.4. The number of para-hydroxylation sites is 1. The molecule has 1 saturated heterocycles. The van der Waals surface area contributed by atoms with Crippen LogP contribution in [0.25, 0.3) is 5.69 Å². The van der Waals surface area contributed by atoms with Crippen LogP contribution < -0.4 is 0 Å². The highest BCUT2D eigenvalue weighted by Crippen LogP contribution is 2.41. The van der Waals surface area contributed by atoms with E-state index in [4.69, 9.17) is 0 Å². The Labute approximate surface area is 193 Å². The van der Waals surface area contributed by atoms with E-state index in [1.807, 2.05) is 23.1 Å². The number of aromatic nitrogens is 3. The molecule has 166 valence electrons. The normalized spacial score (nSPS) is 18.0. The second-order valence-electron chi connectivity index (χ2n) is 8.58. The van der Waals surface area contributed by atoms with Gasteiger partial charge in [-0.25, -0.2) is 0 Å². The number of benzene rings is 2. The van der Waals surface area contributed by atoms with E-state index in [2.05, 4.69) is 69.1 Å². The number of rotatable bonds is 7. The van der Waals surface area contributed by atoms with Crippen molar-refractivity contribution in [3.05, 3.63) is 72.1 Å². The van der Waals surface area contributed by atoms with E-state index in [1.54, 1.807) is 0 Å². The standard InChI is InChI=1S/C25H29N5OS/c1-19(20-8-4-2-5-9-20)28-14-16-29(17-15-28)23(31)18-32-25-27-26-24(21-12-13-21)30(25)22-10-6-3-7-11-22/h2-11,19,21H,12-18H2,1H3. The molecule has 3 aromatic rings. The third-order valence-electron chi connectivity index (χ3n) is 6.44. The monoisotopic (exact) mass is 447 g/mol. The maximum Gasteiger partial charge on any atom is 0.233 e. The summed E-state index contributed by atoms with van der Waals surface area (Å²) in [7, 11) is 0. The third kappa shape index (κ3) is 4.59. The van der Waals surface area contributed by atoms with Gasteiger partial charge in [0.1, 0.15) is 5.82 Å². The molecule has 2 heterocycles. The van der Waals surface area contributed by atoms with Crippen LogP contribution in [0.3, 0.4) is 0 Å². The summed E-state index contributed by atoms with van der Waals surface area (Å²) < 4.78 is 2.13. The lowest BCUT2D eigenvalue weighted by Crippen LogP contribution is -2.49. The lowest BCUT2D eigenvalue weighted by molar-refractivity contribution is -0.130. The average Bonchev–Trinajstić information content (AvgIpc) is 3.62. The highest BCUT2D eigenvalue weighted by atomic mass is 32.2. The lowest BCUT2D eigenvalue weighted by Gasteiger charge is -2.38. The maximum atomic E-state index is 12.9. The number of hydrogen-bond acceptors (Lipinski definition) is 5. The minimum absolute atomic E-state index is 0.178.